The number of hydrogen-bond donors (Lipinski definition) is 1. The Kier molecular flexibility index (Phi) is 3.68. The molecule has 2 nitrogen and oxygen atoms in total. The molecule has 20 heavy (non-hydrogen) atoms. The maximum absolute atomic E-state index is 6.21. The fourth-order valence-electron chi connectivity index (χ4n) is 2.94. The number of benzene rings is 2. The van der Waals surface area contributed by atoms with Crippen molar-refractivity contribution in [1.82, 2.24) is 5.32 Å². The minimum absolute atomic E-state index is 0.499. The van der Waals surface area contributed by atoms with Gasteiger partial charge in [0.25, 0.3) is 0 Å². The van der Waals surface area contributed by atoms with Gasteiger partial charge in [0.15, 0.2) is 0 Å². The van der Waals surface area contributed by atoms with Crippen LogP contribution in [0.1, 0.15) is 23.6 Å². The smallest absolute Gasteiger partial charge is 0.137 e. The van der Waals surface area contributed by atoms with Gasteiger partial charge >= 0.3 is 0 Å². The van der Waals surface area contributed by atoms with Crippen molar-refractivity contribution < 1.29 is 4.74 Å². The number of methoxy groups -OCH3 is 1. The topological polar surface area (TPSA) is 21.3 Å². The van der Waals surface area contributed by atoms with Gasteiger partial charge in [-0.2, -0.15) is 0 Å². The Morgan fingerprint density at radius 3 is 2.60 bits per heavy atom. The largest absolute Gasteiger partial charge is 0.495 e. The van der Waals surface area contributed by atoms with Crippen molar-refractivity contribution in [3.05, 3.63) is 52.5 Å². The lowest BCUT2D eigenvalue weighted by Gasteiger charge is -2.11. The van der Waals surface area contributed by atoms with Gasteiger partial charge in [-0.15, -0.1) is 0 Å². The molecular weight excluding hydrogens is 270 g/mol. The van der Waals surface area contributed by atoms with E-state index >= 15 is 0 Å². The maximum Gasteiger partial charge on any atom is 0.137 e. The summed E-state index contributed by atoms with van der Waals surface area (Å²) in [6, 6.07) is 13.1. The van der Waals surface area contributed by atoms with Crippen LogP contribution >= 0.6 is 11.6 Å². The highest BCUT2D eigenvalue weighted by Crippen LogP contribution is 2.35. The van der Waals surface area contributed by atoms with Crippen LogP contribution in [-0.2, 0) is 6.42 Å². The third-order valence-electron chi connectivity index (χ3n) is 4.05. The van der Waals surface area contributed by atoms with Crippen LogP contribution in [0.4, 0.5) is 0 Å². The first kappa shape index (κ1) is 13.5. The van der Waals surface area contributed by atoms with Gasteiger partial charge in [0.05, 0.1) is 12.1 Å². The Bertz CT molecular complexity index is 639. The van der Waals surface area contributed by atoms with E-state index in [1.807, 2.05) is 19.2 Å². The zero-order valence-corrected chi connectivity index (χ0v) is 12.5. The first-order chi connectivity index (χ1) is 9.72. The number of halogens is 1. The van der Waals surface area contributed by atoms with Crippen molar-refractivity contribution in [3.8, 4) is 16.9 Å². The number of rotatable bonds is 3. The second kappa shape index (κ2) is 5.47. The lowest BCUT2D eigenvalue weighted by Crippen LogP contribution is -2.12. The molecule has 3 rings (SSSR count). The van der Waals surface area contributed by atoms with Crippen molar-refractivity contribution in [2.45, 2.75) is 18.9 Å². The van der Waals surface area contributed by atoms with Crippen LogP contribution in [0.25, 0.3) is 11.1 Å². The van der Waals surface area contributed by atoms with E-state index in [1.54, 1.807) is 7.11 Å². The van der Waals surface area contributed by atoms with Gasteiger partial charge in [-0.3, -0.25) is 0 Å². The van der Waals surface area contributed by atoms with Crippen LogP contribution in [0, 0.1) is 0 Å². The van der Waals surface area contributed by atoms with E-state index < -0.39 is 0 Å². The predicted molar refractivity (Wildman–Crippen MR) is 83.6 cm³/mol. The third kappa shape index (κ3) is 2.30. The van der Waals surface area contributed by atoms with Crippen LogP contribution in [0.2, 0.25) is 5.02 Å². The number of hydrogen-bond acceptors (Lipinski definition) is 2. The average molecular weight is 288 g/mol. The predicted octanol–water partition coefficient (Wildman–Crippen LogP) is 4.22. The molecule has 1 N–H and O–H groups in total. The summed E-state index contributed by atoms with van der Waals surface area (Å²) in [5.41, 5.74) is 5.21. The molecule has 0 spiro atoms. The molecule has 0 radical (unpaired) electrons. The Balaban J connectivity index is 1.98. The van der Waals surface area contributed by atoms with Crippen molar-refractivity contribution in [2.75, 3.05) is 14.2 Å². The minimum Gasteiger partial charge on any atom is -0.495 e. The Labute approximate surface area is 124 Å². The fraction of sp³-hybridized carbons (Fsp3) is 0.294. The standard InChI is InChI=1S/C17H18ClNO/c1-19-16-7-4-13-9-11(3-6-14(13)16)12-5-8-17(20-2)15(18)10-12/h3,5-6,8-10,16,19H,4,7H2,1-2H3. The molecule has 0 bridgehead atoms. The molecule has 0 heterocycles. The van der Waals surface area contributed by atoms with Crippen molar-refractivity contribution >= 4 is 11.6 Å². The molecule has 104 valence electrons. The van der Waals surface area contributed by atoms with E-state index in [9.17, 15) is 0 Å². The van der Waals surface area contributed by atoms with E-state index in [-0.39, 0.29) is 0 Å². The molecule has 0 aromatic heterocycles. The van der Waals surface area contributed by atoms with E-state index in [1.165, 1.54) is 23.1 Å². The van der Waals surface area contributed by atoms with E-state index in [0.29, 0.717) is 16.8 Å². The van der Waals surface area contributed by atoms with Crippen molar-refractivity contribution in [3.63, 3.8) is 0 Å². The monoisotopic (exact) mass is 287 g/mol. The Morgan fingerprint density at radius 1 is 1.15 bits per heavy atom. The number of fused-ring (bicyclic) bond motifs is 1. The van der Waals surface area contributed by atoms with Gasteiger partial charge in [0.2, 0.25) is 0 Å². The van der Waals surface area contributed by atoms with E-state index in [4.69, 9.17) is 16.3 Å². The molecular formula is C17H18ClNO. The second-order valence-corrected chi connectivity index (χ2v) is 5.55. The molecule has 3 heteroatoms. The normalized spacial score (nSPS) is 17.1. The number of ether oxygens (including phenoxy) is 1. The summed E-state index contributed by atoms with van der Waals surface area (Å²) >= 11 is 6.21. The maximum atomic E-state index is 6.21. The summed E-state index contributed by atoms with van der Waals surface area (Å²) in [6.45, 7) is 0. The van der Waals surface area contributed by atoms with E-state index in [2.05, 4.69) is 29.6 Å². The van der Waals surface area contributed by atoms with Crippen LogP contribution in [-0.4, -0.2) is 14.2 Å². The molecule has 0 aliphatic heterocycles. The second-order valence-electron chi connectivity index (χ2n) is 5.14. The summed E-state index contributed by atoms with van der Waals surface area (Å²) < 4.78 is 5.20. The van der Waals surface area contributed by atoms with Crippen LogP contribution < -0.4 is 10.1 Å². The summed E-state index contributed by atoms with van der Waals surface area (Å²) in [6.07, 6.45) is 2.32. The number of nitrogens with one attached hydrogen (secondary N) is 1. The highest BCUT2D eigenvalue weighted by molar-refractivity contribution is 6.32. The molecule has 0 amide bonds. The van der Waals surface area contributed by atoms with Crippen LogP contribution in [0.5, 0.6) is 5.75 Å². The van der Waals surface area contributed by atoms with Gasteiger partial charge in [-0.25, -0.2) is 0 Å². The molecule has 1 unspecified atom stereocenters. The third-order valence-corrected chi connectivity index (χ3v) is 4.35. The van der Waals surface area contributed by atoms with Crippen molar-refractivity contribution in [2.24, 2.45) is 0 Å². The van der Waals surface area contributed by atoms with Gasteiger partial charge in [-0.1, -0.05) is 35.9 Å². The molecule has 2 aromatic carbocycles. The SMILES string of the molecule is CNC1CCc2cc(-c3ccc(OC)c(Cl)c3)ccc21. The Morgan fingerprint density at radius 2 is 1.90 bits per heavy atom. The average Bonchev–Trinajstić information content (AvgIpc) is 2.89. The van der Waals surface area contributed by atoms with E-state index in [0.717, 1.165) is 12.0 Å². The molecule has 0 fully saturated rings. The summed E-state index contributed by atoms with van der Waals surface area (Å²) in [7, 11) is 3.66. The zero-order chi connectivity index (χ0) is 14.1. The zero-order valence-electron chi connectivity index (χ0n) is 11.7. The lowest BCUT2D eigenvalue weighted by atomic mass is 9.99. The number of aryl methyl sites for hydroxylation is 1. The summed E-state index contributed by atoms with van der Waals surface area (Å²) in [5.74, 6) is 0.715. The minimum atomic E-state index is 0.499. The van der Waals surface area contributed by atoms with Gasteiger partial charge < -0.3 is 10.1 Å². The highest BCUT2D eigenvalue weighted by atomic mass is 35.5. The van der Waals surface area contributed by atoms with Crippen molar-refractivity contribution in [1.29, 1.82) is 0 Å². The first-order valence-corrected chi connectivity index (χ1v) is 7.24. The molecule has 1 aliphatic carbocycles. The van der Waals surface area contributed by atoms with Gasteiger partial charge in [0.1, 0.15) is 5.75 Å². The fourth-order valence-corrected chi connectivity index (χ4v) is 3.20. The lowest BCUT2D eigenvalue weighted by molar-refractivity contribution is 0.415. The van der Waals surface area contributed by atoms with Gasteiger partial charge in [-0.05, 0) is 54.3 Å². The summed E-state index contributed by atoms with van der Waals surface area (Å²) in [5, 5.41) is 4.02. The highest BCUT2D eigenvalue weighted by Gasteiger charge is 2.21. The molecule has 1 atom stereocenters. The summed E-state index contributed by atoms with van der Waals surface area (Å²) in [4.78, 5) is 0. The molecule has 1 aliphatic rings. The quantitative estimate of drug-likeness (QED) is 0.912. The molecule has 2 aromatic rings. The van der Waals surface area contributed by atoms with Gasteiger partial charge in [0, 0.05) is 6.04 Å². The molecule has 0 saturated carbocycles. The van der Waals surface area contributed by atoms with Crippen LogP contribution in [0.15, 0.2) is 36.4 Å². The Hall–Kier alpha value is -1.51. The molecule has 0 saturated heterocycles. The first-order valence-electron chi connectivity index (χ1n) is 6.87. The van der Waals surface area contributed by atoms with Crippen LogP contribution in [0.3, 0.4) is 0 Å².